The predicted octanol–water partition coefficient (Wildman–Crippen LogP) is -0.701. The molecule has 2 aliphatic heterocycles. The second-order valence-electron chi connectivity index (χ2n) is 5.03. The second-order valence-corrected chi connectivity index (χ2v) is 6.18. The smallest absolute Gasteiger partial charge is 0.327 e. The fraction of sp³-hybridized carbons (Fsp3) is 0.667. The van der Waals surface area contributed by atoms with Crippen LogP contribution in [0.2, 0.25) is 0 Å². The van der Waals surface area contributed by atoms with Gasteiger partial charge in [0.05, 0.1) is 12.5 Å². The summed E-state index contributed by atoms with van der Waals surface area (Å²) in [5.74, 6) is -0.465. The highest BCUT2D eigenvalue weighted by molar-refractivity contribution is 7.99. The molecule has 1 N–H and O–H groups in total. The van der Waals surface area contributed by atoms with E-state index in [0.717, 1.165) is 10.7 Å². The molecule has 0 saturated carbocycles. The first kappa shape index (κ1) is 15.6. The first-order chi connectivity index (χ1) is 9.90. The Bertz CT molecular complexity index is 484. The number of carboxylic acid groups (broad SMARTS) is 1. The Labute approximate surface area is 126 Å². The SMILES string of the molecule is CN1CC(=O)N(CC(=O)N2CCSCC2CC(=O)O)C1=O. The summed E-state index contributed by atoms with van der Waals surface area (Å²) < 4.78 is 0. The number of amides is 4. The number of imide groups is 1. The van der Waals surface area contributed by atoms with Crippen LogP contribution in [0.4, 0.5) is 4.79 Å². The lowest BCUT2D eigenvalue weighted by Crippen LogP contribution is -2.51. The second kappa shape index (κ2) is 6.33. The van der Waals surface area contributed by atoms with Gasteiger partial charge in [0.15, 0.2) is 0 Å². The van der Waals surface area contributed by atoms with Crippen LogP contribution in [0, 0.1) is 0 Å². The van der Waals surface area contributed by atoms with Crippen molar-refractivity contribution in [2.75, 3.05) is 38.2 Å². The highest BCUT2D eigenvalue weighted by atomic mass is 32.2. The third-order valence-corrected chi connectivity index (χ3v) is 4.57. The average Bonchev–Trinajstić information content (AvgIpc) is 2.65. The Morgan fingerprint density at radius 2 is 2.10 bits per heavy atom. The highest BCUT2D eigenvalue weighted by Gasteiger charge is 2.37. The molecule has 2 fully saturated rings. The van der Waals surface area contributed by atoms with Crippen molar-refractivity contribution < 1.29 is 24.3 Å². The minimum absolute atomic E-state index is 0.0273. The van der Waals surface area contributed by atoms with Crippen LogP contribution < -0.4 is 0 Å². The van der Waals surface area contributed by atoms with Crippen molar-refractivity contribution in [3.63, 3.8) is 0 Å². The summed E-state index contributed by atoms with van der Waals surface area (Å²) in [6.45, 7) is 0.0941. The topological polar surface area (TPSA) is 98.2 Å². The third kappa shape index (κ3) is 3.46. The van der Waals surface area contributed by atoms with E-state index in [2.05, 4.69) is 0 Å². The predicted molar refractivity (Wildman–Crippen MR) is 74.8 cm³/mol. The van der Waals surface area contributed by atoms with Gasteiger partial charge < -0.3 is 14.9 Å². The van der Waals surface area contributed by atoms with Gasteiger partial charge in [-0.3, -0.25) is 19.3 Å². The Morgan fingerprint density at radius 1 is 1.38 bits per heavy atom. The summed E-state index contributed by atoms with van der Waals surface area (Å²) in [4.78, 5) is 50.2. The van der Waals surface area contributed by atoms with Crippen LogP contribution in [0.25, 0.3) is 0 Å². The van der Waals surface area contributed by atoms with Crippen molar-refractivity contribution in [2.45, 2.75) is 12.5 Å². The number of hydrogen-bond donors (Lipinski definition) is 1. The Hall–Kier alpha value is -1.77. The van der Waals surface area contributed by atoms with Crippen LogP contribution in [0.3, 0.4) is 0 Å². The molecule has 0 aromatic rings. The molecule has 2 rings (SSSR count). The summed E-state index contributed by atoms with van der Waals surface area (Å²) in [6.07, 6.45) is -0.124. The van der Waals surface area contributed by atoms with E-state index >= 15 is 0 Å². The van der Waals surface area contributed by atoms with E-state index in [4.69, 9.17) is 5.11 Å². The normalized spacial score (nSPS) is 22.9. The Kier molecular flexibility index (Phi) is 4.71. The highest BCUT2D eigenvalue weighted by Crippen LogP contribution is 2.20. The Balaban J connectivity index is 2.02. The lowest BCUT2D eigenvalue weighted by Gasteiger charge is -2.35. The maximum Gasteiger partial charge on any atom is 0.327 e. The van der Waals surface area contributed by atoms with Gasteiger partial charge in [0.25, 0.3) is 5.91 Å². The van der Waals surface area contributed by atoms with Crippen LogP contribution >= 0.6 is 11.8 Å². The fourth-order valence-electron chi connectivity index (χ4n) is 2.40. The molecule has 2 heterocycles. The number of aliphatic carboxylic acids is 1. The van der Waals surface area contributed by atoms with E-state index < -0.39 is 17.9 Å². The van der Waals surface area contributed by atoms with Crippen LogP contribution in [-0.4, -0.2) is 87.9 Å². The summed E-state index contributed by atoms with van der Waals surface area (Å²) in [7, 11) is 1.50. The summed E-state index contributed by atoms with van der Waals surface area (Å²) >= 11 is 1.60. The number of rotatable bonds is 4. The molecule has 2 saturated heterocycles. The van der Waals surface area contributed by atoms with Gasteiger partial charge in [-0.05, 0) is 0 Å². The molecule has 21 heavy (non-hydrogen) atoms. The minimum Gasteiger partial charge on any atom is -0.481 e. The summed E-state index contributed by atoms with van der Waals surface area (Å²) in [6, 6.07) is -0.881. The minimum atomic E-state index is -0.964. The molecular formula is C12H17N3O5S. The van der Waals surface area contributed by atoms with Crippen molar-refractivity contribution in [1.29, 1.82) is 0 Å². The number of likely N-dealkylation sites (N-methyl/N-ethyl adjacent to an activating group) is 1. The molecule has 0 spiro atoms. The molecule has 0 aromatic heterocycles. The van der Waals surface area contributed by atoms with Gasteiger partial charge in [0.2, 0.25) is 5.91 Å². The van der Waals surface area contributed by atoms with Gasteiger partial charge in [0, 0.05) is 25.1 Å². The van der Waals surface area contributed by atoms with E-state index in [1.165, 1.54) is 16.8 Å². The van der Waals surface area contributed by atoms with Crippen molar-refractivity contribution in [3.8, 4) is 0 Å². The van der Waals surface area contributed by atoms with E-state index in [1.54, 1.807) is 11.8 Å². The summed E-state index contributed by atoms with van der Waals surface area (Å²) in [5.41, 5.74) is 0. The maximum absolute atomic E-state index is 12.3. The molecule has 1 unspecified atom stereocenters. The summed E-state index contributed by atoms with van der Waals surface area (Å²) in [5, 5.41) is 8.90. The zero-order valence-corrected chi connectivity index (χ0v) is 12.5. The number of hydrogen-bond acceptors (Lipinski definition) is 5. The molecule has 0 bridgehead atoms. The molecule has 116 valence electrons. The number of urea groups is 1. The molecule has 2 aliphatic rings. The molecule has 0 radical (unpaired) electrons. The number of carbonyl (C=O) groups excluding carboxylic acids is 3. The van der Waals surface area contributed by atoms with Gasteiger partial charge in [-0.25, -0.2) is 4.79 Å². The van der Waals surface area contributed by atoms with Crippen LogP contribution in [-0.2, 0) is 14.4 Å². The maximum atomic E-state index is 12.3. The molecule has 0 aromatic carbocycles. The molecule has 9 heteroatoms. The van der Waals surface area contributed by atoms with Gasteiger partial charge in [-0.1, -0.05) is 0 Å². The fourth-order valence-corrected chi connectivity index (χ4v) is 3.47. The van der Waals surface area contributed by atoms with Crippen LogP contribution in [0.1, 0.15) is 6.42 Å². The van der Waals surface area contributed by atoms with Gasteiger partial charge in [-0.2, -0.15) is 11.8 Å². The van der Waals surface area contributed by atoms with E-state index in [0.29, 0.717) is 12.3 Å². The van der Waals surface area contributed by atoms with E-state index in [1.807, 2.05) is 0 Å². The quantitative estimate of drug-likeness (QED) is 0.689. The average molecular weight is 315 g/mol. The van der Waals surface area contributed by atoms with Gasteiger partial charge in [0.1, 0.15) is 13.1 Å². The van der Waals surface area contributed by atoms with Crippen LogP contribution in [0.15, 0.2) is 0 Å². The van der Waals surface area contributed by atoms with Gasteiger partial charge >= 0.3 is 12.0 Å². The Morgan fingerprint density at radius 3 is 2.67 bits per heavy atom. The largest absolute Gasteiger partial charge is 0.481 e. The number of carboxylic acids is 1. The monoisotopic (exact) mass is 315 g/mol. The van der Waals surface area contributed by atoms with Crippen molar-refractivity contribution in [3.05, 3.63) is 0 Å². The van der Waals surface area contributed by atoms with E-state index in [-0.39, 0.29) is 31.5 Å². The molecule has 4 amide bonds. The number of thioether (sulfide) groups is 1. The van der Waals surface area contributed by atoms with Crippen molar-refractivity contribution in [1.82, 2.24) is 14.7 Å². The first-order valence-corrected chi connectivity index (χ1v) is 7.70. The lowest BCUT2D eigenvalue weighted by atomic mass is 10.2. The van der Waals surface area contributed by atoms with Crippen LogP contribution in [0.5, 0.6) is 0 Å². The van der Waals surface area contributed by atoms with Crippen molar-refractivity contribution in [2.24, 2.45) is 0 Å². The standard InChI is InChI=1S/C12H17N3O5S/c1-13-5-9(16)15(12(13)20)6-10(17)14-2-3-21-7-8(14)4-11(18)19/h8H,2-7H2,1H3,(H,18,19). The number of carbonyl (C=O) groups is 4. The zero-order chi connectivity index (χ0) is 15.6. The molecule has 1 atom stereocenters. The van der Waals surface area contributed by atoms with E-state index in [9.17, 15) is 19.2 Å². The number of nitrogens with zero attached hydrogens (tertiary/aromatic N) is 3. The molecule has 8 nitrogen and oxygen atoms in total. The lowest BCUT2D eigenvalue weighted by molar-refractivity contribution is -0.142. The molecular weight excluding hydrogens is 298 g/mol. The molecule has 0 aliphatic carbocycles. The van der Waals surface area contributed by atoms with Gasteiger partial charge in [-0.15, -0.1) is 0 Å². The van der Waals surface area contributed by atoms with Crippen molar-refractivity contribution >= 4 is 35.6 Å². The third-order valence-electron chi connectivity index (χ3n) is 3.48. The zero-order valence-electron chi connectivity index (χ0n) is 11.7. The first-order valence-electron chi connectivity index (χ1n) is 6.54.